The molecule has 0 fully saturated rings. The van der Waals surface area contributed by atoms with Gasteiger partial charge in [-0.2, -0.15) is 0 Å². The van der Waals surface area contributed by atoms with E-state index in [-0.39, 0.29) is 30.9 Å². The van der Waals surface area contributed by atoms with Gasteiger partial charge in [0.1, 0.15) is 18.0 Å². The minimum absolute atomic E-state index is 0.0340. The van der Waals surface area contributed by atoms with Crippen LogP contribution in [0.2, 0.25) is 0 Å². The van der Waals surface area contributed by atoms with E-state index in [1.54, 1.807) is 18.3 Å². The summed E-state index contributed by atoms with van der Waals surface area (Å²) in [7, 11) is -1.37. The minimum atomic E-state index is -1.37. The third kappa shape index (κ3) is 4.66. The molecule has 12 heteroatoms. The lowest BCUT2D eigenvalue weighted by atomic mass is 9.72. The second-order valence-electron chi connectivity index (χ2n) is 6.23. The van der Waals surface area contributed by atoms with Gasteiger partial charge in [0.15, 0.2) is 0 Å². The fraction of sp³-hybridized carbons (Fsp3) is 0.375. The van der Waals surface area contributed by atoms with Gasteiger partial charge in [-0.05, 0) is 18.1 Å². The molecular formula is C16H20BN5O6. The number of amides is 1. The second-order valence-corrected chi connectivity index (χ2v) is 6.23. The van der Waals surface area contributed by atoms with Crippen LogP contribution in [0.25, 0.3) is 0 Å². The Morgan fingerprint density at radius 2 is 2.29 bits per heavy atom. The number of aromatic nitrogens is 3. The molecule has 0 saturated heterocycles. The number of nitrogens with two attached hydrogens (primary N) is 1. The molecule has 1 amide bonds. The Labute approximate surface area is 160 Å². The van der Waals surface area contributed by atoms with Crippen LogP contribution in [-0.4, -0.2) is 63.2 Å². The lowest BCUT2D eigenvalue weighted by Crippen LogP contribution is -2.53. The number of nitrogens with zero attached hydrogens (tertiary/aromatic N) is 3. The van der Waals surface area contributed by atoms with E-state index in [4.69, 9.17) is 15.1 Å². The highest BCUT2D eigenvalue weighted by atomic mass is 16.5. The zero-order valence-electron chi connectivity index (χ0n) is 14.9. The van der Waals surface area contributed by atoms with Crippen molar-refractivity contribution in [3.63, 3.8) is 0 Å². The Morgan fingerprint density at radius 1 is 1.46 bits per heavy atom. The Bertz CT molecular complexity index is 860. The normalized spacial score (nSPS) is 15.6. The molecule has 3 rings (SSSR count). The van der Waals surface area contributed by atoms with Crippen LogP contribution in [0, 0.1) is 0 Å². The van der Waals surface area contributed by atoms with Crippen molar-refractivity contribution in [1.29, 1.82) is 0 Å². The van der Waals surface area contributed by atoms with E-state index in [0.717, 1.165) is 0 Å². The van der Waals surface area contributed by atoms with Gasteiger partial charge in [-0.15, -0.1) is 5.10 Å². The first-order valence-corrected chi connectivity index (χ1v) is 8.64. The van der Waals surface area contributed by atoms with Crippen LogP contribution in [0.5, 0.6) is 5.75 Å². The number of para-hydroxylation sites is 1. The number of rotatable bonds is 8. The van der Waals surface area contributed by atoms with Crippen molar-refractivity contribution in [2.45, 2.75) is 25.5 Å². The quantitative estimate of drug-likeness (QED) is 0.314. The van der Waals surface area contributed by atoms with E-state index in [1.165, 1.54) is 10.7 Å². The van der Waals surface area contributed by atoms with E-state index < -0.39 is 24.9 Å². The van der Waals surface area contributed by atoms with Crippen molar-refractivity contribution in [2.24, 2.45) is 5.73 Å². The summed E-state index contributed by atoms with van der Waals surface area (Å²) in [5.41, 5.74) is 6.46. The Hall–Kier alpha value is -2.96. The number of hydrogen-bond acceptors (Lipinski definition) is 8. The van der Waals surface area contributed by atoms with Crippen LogP contribution in [-0.2, 0) is 29.1 Å². The number of ether oxygens (including phenoxy) is 1. The molecule has 1 aromatic carbocycles. The number of aromatic carboxylic acids is 1. The Kier molecular flexibility index (Phi) is 6.24. The lowest BCUT2D eigenvalue weighted by molar-refractivity contribution is -0.122. The maximum absolute atomic E-state index is 12.3. The highest BCUT2D eigenvalue weighted by Gasteiger charge is 2.37. The predicted octanol–water partition coefficient (Wildman–Crippen LogP) is -1.41. The molecule has 2 heterocycles. The van der Waals surface area contributed by atoms with Crippen molar-refractivity contribution in [3.05, 3.63) is 41.2 Å². The monoisotopic (exact) mass is 389 g/mol. The number of nitrogens with one attached hydrogen (secondary N) is 1. The molecule has 0 unspecified atom stereocenters. The van der Waals surface area contributed by atoms with E-state index in [2.05, 4.69) is 15.6 Å². The third-order valence-corrected chi connectivity index (χ3v) is 4.10. The molecular weight excluding hydrogens is 369 g/mol. The first-order chi connectivity index (χ1) is 13.5. The van der Waals surface area contributed by atoms with Gasteiger partial charge in [-0.25, -0.2) is 9.48 Å². The summed E-state index contributed by atoms with van der Waals surface area (Å²) in [4.78, 5) is 23.5. The molecule has 2 aromatic rings. The summed E-state index contributed by atoms with van der Waals surface area (Å²) in [6.45, 7) is 0.948. The first kappa shape index (κ1) is 19.8. The van der Waals surface area contributed by atoms with Crippen molar-refractivity contribution in [2.75, 3.05) is 13.2 Å². The zero-order chi connectivity index (χ0) is 20.1. The number of benzene rings is 1. The van der Waals surface area contributed by atoms with E-state index in [9.17, 15) is 19.7 Å². The highest BCUT2D eigenvalue weighted by Crippen LogP contribution is 2.30. The average Bonchev–Trinajstić information content (AvgIpc) is 3.09. The van der Waals surface area contributed by atoms with Gasteiger partial charge in [-0.3, -0.25) is 4.79 Å². The summed E-state index contributed by atoms with van der Waals surface area (Å²) in [5.74, 6) is -2.15. The summed E-state index contributed by atoms with van der Waals surface area (Å²) >= 11 is 0. The molecule has 0 spiro atoms. The van der Waals surface area contributed by atoms with Gasteiger partial charge in [0.05, 0.1) is 30.9 Å². The molecule has 11 nitrogen and oxygen atoms in total. The van der Waals surface area contributed by atoms with Crippen molar-refractivity contribution in [3.8, 4) is 5.75 Å². The van der Waals surface area contributed by atoms with Gasteiger partial charge >= 0.3 is 13.1 Å². The minimum Gasteiger partial charge on any atom is -0.534 e. The first-order valence-electron chi connectivity index (χ1n) is 8.64. The van der Waals surface area contributed by atoms with E-state index in [0.29, 0.717) is 24.4 Å². The van der Waals surface area contributed by atoms with E-state index in [1.807, 2.05) is 0 Å². The molecule has 0 radical (unpaired) electrons. The van der Waals surface area contributed by atoms with Crippen molar-refractivity contribution < 1.29 is 29.1 Å². The molecule has 148 valence electrons. The van der Waals surface area contributed by atoms with Crippen LogP contribution in [0.3, 0.4) is 0 Å². The highest BCUT2D eigenvalue weighted by molar-refractivity contribution is 6.47. The smallest absolute Gasteiger partial charge is 0.534 e. The lowest BCUT2D eigenvalue weighted by Gasteiger charge is -2.28. The maximum atomic E-state index is 12.3. The zero-order valence-corrected chi connectivity index (χ0v) is 14.9. The van der Waals surface area contributed by atoms with E-state index >= 15 is 0 Å². The van der Waals surface area contributed by atoms with Crippen LogP contribution in [0.1, 0.15) is 21.6 Å². The fourth-order valence-electron chi connectivity index (χ4n) is 2.86. The predicted molar refractivity (Wildman–Crippen MR) is 96.4 cm³/mol. The number of carboxylic acids is 1. The van der Waals surface area contributed by atoms with Crippen LogP contribution < -0.4 is 15.7 Å². The molecule has 5 N–H and O–H groups in total. The average molecular weight is 389 g/mol. The molecule has 0 bridgehead atoms. The van der Waals surface area contributed by atoms with Gasteiger partial charge < -0.3 is 30.6 Å². The number of carbonyl (C=O) groups excluding carboxylic acids is 1. The van der Waals surface area contributed by atoms with Gasteiger partial charge in [-0.1, -0.05) is 17.3 Å². The van der Waals surface area contributed by atoms with Crippen molar-refractivity contribution in [1.82, 2.24) is 20.3 Å². The van der Waals surface area contributed by atoms with Crippen molar-refractivity contribution >= 4 is 19.0 Å². The summed E-state index contributed by atoms with van der Waals surface area (Å²) in [6.07, 6.45) is 1.82. The number of hydrogen-bond donors (Lipinski definition) is 4. The molecule has 1 aliphatic rings. The largest absolute Gasteiger partial charge is 0.547 e. The molecule has 0 saturated carbocycles. The Balaban J connectivity index is 1.59. The van der Waals surface area contributed by atoms with Crippen LogP contribution >= 0.6 is 0 Å². The summed E-state index contributed by atoms with van der Waals surface area (Å²) in [5, 5.41) is 29.8. The van der Waals surface area contributed by atoms with Crippen LogP contribution in [0.15, 0.2) is 24.4 Å². The number of carboxylic acid groups (broad SMARTS) is 1. The number of carbonyl (C=O) groups is 2. The van der Waals surface area contributed by atoms with Gasteiger partial charge in [0.2, 0.25) is 5.91 Å². The summed E-state index contributed by atoms with van der Waals surface area (Å²) < 4.78 is 11.9. The van der Waals surface area contributed by atoms with Gasteiger partial charge in [0.25, 0.3) is 0 Å². The molecule has 1 aliphatic heterocycles. The fourth-order valence-corrected chi connectivity index (χ4v) is 2.86. The third-order valence-electron chi connectivity index (χ3n) is 4.10. The standard InChI is InChI=1S/C16H20BN5O6/c18-4-5-27-9-11-7-22(21-20-11)8-14(23)19-13-6-10-2-1-3-12(16(24)25)15(10)28-17(13)26/h1-3,7,13,26H,4-6,8-9,18H2,(H,19,23)(H,24,25)/t13-/m0/s1. The summed E-state index contributed by atoms with van der Waals surface area (Å²) in [6, 6.07) is 4.68. The second kappa shape index (κ2) is 8.82. The molecule has 28 heavy (non-hydrogen) atoms. The van der Waals surface area contributed by atoms with Gasteiger partial charge in [0, 0.05) is 6.54 Å². The van der Waals surface area contributed by atoms with Crippen LogP contribution in [0.4, 0.5) is 0 Å². The Morgan fingerprint density at radius 3 is 3.04 bits per heavy atom. The number of fused-ring (bicyclic) bond motifs is 1. The molecule has 1 atom stereocenters. The maximum Gasteiger partial charge on any atom is 0.547 e. The SMILES string of the molecule is NCCOCc1cn(CC(=O)N[C@H]2Cc3cccc(C(=O)O)c3OB2O)nn1. The molecule has 0 aliphatic carbocycles. The topological polar surface area (TPSA) is 162 Å². The molecule has 1 aromatic heterocycles.